The van der Waals surface area contributed by atoms with Crippen molar-refractivity contribution in [3.05, 3.63) is 108 Å². The van der Waals surface area contributed by atoms with Crippen molar-refractivity contribution in [3.8, 4) is 11.3 Å². The van der Waals surface area contributed by atoms with Gasteiger partial charge in [-0.05, 0) is 58.0 Å². The van der Waals surface area contributed by atoms with E-state index in [0.29, 0.717) is 0 Å². The molecule has 0 unspecified atom stereocenters. The summed E-state index contributed by atoms with van der Waals surface area (Å²) < 4.78 is 2.29. The Morgan fingerprint density at radius 3 is 2.06 bits per heavy atom. The summed E-state index contributed by atoms with van der Waals surface area (Å²) in [7, 11) is 0. The highest BCUT2D eigenvalue weighted by atomic mass is 15.0. The van der Waals surface area contributed by atoms with Crippen LogP contribution in [-0.2, 0) is 0 Å². The first-order valence-corrected chi connectivity index (χ1v) is 11.4. The molecule has 0 N–H and O–H groups in total. The van der Waals surface area contributed by atoms with Gasteiger partial charge in [0, 0.05) is 22.5 Å². The molecular weight excluding hydrogens is 400 g/mol. The fourth-order valence-electron chi connectivity index (χ4n) is 5.55. The van der Waals surface area contributed by atoms with Gasteiger partial charge in [0.2, 0.25) is 0 Å². The Hall–Kier alpha value is -4.17. The molecule has 5 aromatic carbocycles. The standard InChI is InChI=1S/C31H22N2/c1-19-8-7-9-20(2)28(19)26-18-33-27-17-16-22-15-14-21-10-3-4-11-23(21)29(22)30(27)24-12-5-6-13-25(24)31(33)32-26/h3-18H,1-2H3. The SMILES string of the molecule is Cc1cccc(C)c1-c1cn2c3ccc4ccc5ccccc5c4c3c3ccccc3c2n1. The first-order valence-electron chi connectivity index (χ1n) is 11.4. The van der Waals surface area contributed by atoms with Crippen LogP contribution in [0, 0.1) is 13.8 Å². The Balaban J connectivity index is 1.74. The number of benzene rings is 5. The summed E-state index contributed by atoms with van der Waals surface area (Å²) in [5.41, 5.74) is 6.96. The zero-order chi connectivity index (χ0) is 22.1. The molecule has 0 aliphatic heterocycles. The molecule has 7 aromatic rings. The van der Waals surface area contributed by atoms with Crippen LogP contribution in [0.25, 0.3) is 60.1 Å². The minimum atomic E-state index is 1.01. The van der Waals surface area contributed by atoms with Crippen LogP contribution in [0.4, 0.5) is 0 Å². The third-order valence-electron chi connectivity index (χ3n) is 7.03. The molecule has 156 valence electrons. The Bertz CT molecular complexity index is 1870. The van der Waals surface area contributed by atoms with Gasteiger partial charge in [0.1, 0.15) is 5.65 Å². The maximum atomic E-state index is 5.19. The molecule has 2 heteroatoms. The fraction of sp³-hybridized carbons (Fsp3) is 0.0645. The normalized spacial score (nSPS) is 11.9. The van der Waals surface area contributed by atoms with Crippen LogP contribution in [0.3, 0.4) is 0 Å². The Labute approximate surface area is 191 Å². The topological polar surface area (TPSA) is 17.3 Å². The number of nitrogens with zero attached hydrogens (tertiary/aromatic N) is 2. The molecule has 2 nitrogen and oxygen atoms in total. The maximum Gasteiger partial charge on any atom is 0.145 e. The molecule has 0 saturated heterocycles. The van der Waals surface area contributed by atoms with Crippen LogP contribution in [0.1, 0.15) is 11.1 Å². The third kappa shape index (κ3) is 2.52. The maximum absolute atomic E-state index is 5.19. The third-order valence-corrected chi connectivity index (χ3v) is 7.03. The molecule has 33 heavy (non-hydrogen) atoms. The number of pyridine rings is 1. The van der Waals surface area contributed by atoms with Crippen LogP contribution in [0.2, 0.25) is 0 Å². The Morgan fingerprint density at radius 1 is 0.576 bits per heavy atom. The lowest BCUT2D eigenvalue weighted by Gasteiger charge is -2.13. The van der Waals surface area contributed by atoms with Gasteiger partial charge in [-0.1, -0.05) is 84.9 Å². The van der Waals surface area contributed by atoms with Crippen molar-refractivity contribution in [1.29, 1.82) is 0 Å². The molecule has 0 aliphatic carbocycles. The number of rotatable bonds is 1. The van der Waals surface area contributed by atoms with Crippen LogP contribution in [-0.4, -0.2) is 9.38 Å². The smallest absolute Gasteiger partial charge is 0.145 e. The van der Waals surface area contributed by atoms with Gasteiger partial charge in [0.25, 0.3) is 0 Å². The predicted octanol–water partition coefficient (Wildman–Crippen LogP) is 8.23. The number of hydrogen-bond acceptors (Lipinski definition) is 1. The summed E-state index contributed by atoms with van der Waals surface area (Å²) in [5, 5.41) is 8.86. The van der Waals surface area contributed by atoms with Crippen LogP contribution in [0.15, 0.2) is 97.2 Å². The lowest BCUT2D eigenvalue weighted by Crippen LogP contribution is -1.92. The molecule has 0 spiro atoms. The van der Waals surface area contributed by atoms with Crippen molar-refractivity contribution in [3.63, 3.8) is 0 Å². The van der Waals surface area contributed by atoms with E-state index in [1.165, 1.54) is 59.9 Å². The quantitative estimate of drug-likeness (QED) is 0.244. The summed E-state index contributed by atoms with van der Waals surface area (Å²) >= 11 is 0. The largest absolute Gasteiger partial charge is 0.298 e. The summed E-state index contributed by atoms with van der Waals surface area (Å²) in [5.74, 6) is 0. The minimum absolute atomic E-state index is 1.01. The summed E-state index contributed by atoms with van der Waals surface area (Å²) in [4.78, 5) is 5.19. The molecule has 2 heterocycles. The zero-order valence-electron chi connectivity index (χ0n) is 18.6. The molecule has 0 fully saturated rings. The number of hydrogen-bond donors (Lipinski definition) is 0. The van der Waals surface area contributed by atoms with Crippen molar-refractivity contribution in [2.75, 3.05) is 0 Å². The first-order chi connectivity index (χ1) is 16.2. The van der Waals surface area contributed by atoms with Gasteiger partial charge < -0.3 is 0 Å². The molecular formula is C31H22N2. The van der Waals surface area contributed by atoms with Gasteiger partial charge in [-0.2, -0.15) is 0 Å². The molecule has 2 aromatic heterocycles. The summed E-state index contributed by atoms with van der Waals surface area (Å²) in [6.07, 6.45) is 2.22. The number of aromatic nitrogens is 2. The Kier molecular flexibility index (Phi) is 3.72. The molecule has 0 amide bonds. The van der Waals surface area contributed by atoms with E-state index in [2.05, 4.69) is 115 Å². The lowest BCUT2D eigenvalue weighted by molar-refractivity contribution is 1.27. The highest BCUT2D eigenvalue weighted by molar-refractivity contribution is 6.28. The van der Waals surface area contributed by atoms with E-state index in [9.17, 15) is 0 Å². The molecule has 0 bridgehead atoms. The Morgan fingerprint density at radius 2 is 1.24 bits per heavy atom. The van der Waals surface area contributed by atoms with E-state index < -0.39 is 0 Å². The van der Waals surface area contributed by atoms with Crippen molar-refractivity contribution in [1.82, 2.24) is 9.38 Å². The predicted molar refractivity (Wildman–Crippen MR) is 140 cm³/mol. The second-order valence-electron chi connectivity index (χ2n) is 8.98. The zero-order valence-corrected chi connectivity index (χ0v) is 18.6. The monoisotopic (exact) mass is 422 g/mol. The van der Waals surface area contributed by atoms with E-state index in [4.69, 9.17) is 4.98 Å². The highest BCUT2D eigenvalue weighted by Crippen LogP contribution is 2.39. The second kappa shape index (κ2) is 6.66. The van der Waals surface area contributed by atoms with E-state index >= 15 is 0 Å². The highest BCUT2D eigenvalue weighted by Gasteiger charge is 2.17. The molecule has 7 rings (SSSR count). The van der Waals surface area contributed by atoms with Crippen LogP contribution < -0.4 is 0 Å². The fourth-order valence-corrected chi connectivity index (χ4v) is 5.55. The number of fused-ring (bicyclic) bond motifs is 10. The number of aryl methyl sites for hydroxylation is 2. The summed E-state index contributed by atoms with van der Waals surface area (Å²) in [6.45, 7) is 4.34. The van der Waals surface area contributed by atoms with Gasteiger partial charge in [-0.15, -0.1) is 0 Å². The van der Waals surface area contributed by atoms with Gasteiger partial charge in [-0.3, -0.25) is 4.40 Å². The van der Waals surface area contributed by atoms with Gasteiger partial charge >= 0.3 is 0 Å². The van der Waals surface area contributed by atoms with E-state index in [1.807, 2.05) is 0 Å². The molecule has 0 aliphatic rings. The molecule has 0 saturated carbocycles. The van der Waals surface area contributed by atoms with Crippen molar-refractivity contribution >= 4 is 48.9 Å². The lowest BCUT2D eigenvalue weighted by atomic mass is 9.95. The van der Waals surface area contributed by atoms with Crippen molar-refractivity contribution in [2.24, 2.45) is 0 Å². The minimum Gasteiger partial charge on any atom is -0.298 e. The average Bonchev–Trinajstić information content (AvgIpc) is 3.28. The number of imidazole rings is 1. The van der Waals surface area contributed by atoms with E-state index in [-0.39, 0.29) is 0 Å². The van der Waals surface area contributed by atoms with Crippen molar-refractivity contribution < 1.29 is 0 Å². The van der Waals surface area contributed by atoms with Gasteiger partial charge in [0.05, 0.1) is 11.2 Å². The van der Waals surface area contributed by atoms with Crippen molar-refractivity contribution in [2.45, 2.75) is 13.8 Å². The summed E-state index contributed by atoms with van der Waals surface area (Å²) in [6, 6.07) is 32.8. The average molecular weight is 423 g/mol. The van der Waals surface area contributed by atoms with Crippen LogP contribution in [0.5, 0.6) is 0 Å². The molecule has 0 atom stereocenters. The second-order valence-corrected chi connectivity index (χ2v) is 8.98. The van der Waals surface area contributed by atoms with Gasteiger partial charge in [-0.25, -0.2) is 4.98 Å². The van der Waals surface area contributed by atoms with E-state index in [1.54, 1.807) is 0 Å². The first kappa shape index (κ1) is 18.4. The van der Waals surface area contributed by atoms with Crippen LogP contribution >= 0.6 is 0 Å². The van der Waals surface area contributed by atoms with Gasteiger partial charge in [0.15, 0.2) is 0 Å². The molecule has 0 radical (unpaired) electrons. The van der Waals surface area contributed by atoms with E-state index in [0.717, 1.165) is 11.3 Å².